The van der Waals surface area contributed by atoms with Gasteiger partial charge in [0.05, 0.1) is 12.7 Å². The van der Waals surface area contributed by atoms with Crippen LogP contribution in [0, 0.1) is 11.3 Å². The standard InChI is InChI=1S/C23H26ClNO3S/c1-23(2,3)15-8-11-17-18(13-15)29-21(20(17)22(27)28-4)25-19(26)12-7-14-5-9-16(24)10-6-14/h5-7,9-10,12,15H,8,11,13H2,1-4H3,(H,25,26)/b12-7-/t15-/m0/s1. The van der Waals surface area contributed by atoms with E-state index in [4.69, 9.17) is 16.3 Å². The lowest BCUT2D eigenvalue weighted by atomic mass is 9.72. The molecule has 2 aromatic rings. The average Bonchev–Trinajstić information content (AvgIpc) is 3.03. The maximum Gasteiger partial charge on any atom is 0.341 e. The Hall–Kier alpha value is -2.11. The number of ether oxygens (including phenoxy) is 1. The van der Waals surface area contributed by atoms with Gasteiger partial charge in [-0.05, 0) is 59.9 Å². The van der Waals surface area contributed by atoms with Crippen LogP contribution >= 0.6 is 22.9 Å². The van der Waals surface area contributed by atoms with Gasteiger partial charge < -0.3 is 10.1 Å². The molecule has 1 aliphatic carbocycles. The second kappa shape index (κ2) is 8.72. The first kappa shape index (κ1) is 21.6. The summed E-state index contributed by atoms with van der Waals surface area (Å²) >= 11 is 7.38. The van der Waals surface area contributed by atoms with E-state index >= 15 is 0 Å². The number of fused-ring (bicyclic) bond motifs is 1. The highest BCUT2D eigenvalue weighted by Crippen LogP contribution is 2.44. The van der Waals surface area contributed by atoms with Crippen LogP contribution in [0.2, 0.25) is 5.02 Å². The van der Waals surface area contributed by atoms with E-state index in [-0.39, 0.29) is 11.3 Å². The van der Waals surface area contributed by atoms with Crippen LogP contribution in [0.5, 0.6) is 0 Å². The Balaban J connectivity index is 1.83. The largest absolute Gasteiger partial charge is 0.465 e. The van der Waals surface area contributed by atoms with Gasteiger partial charge in [-0.1, -0.05) is 44.5 Å². The monoisotopic (exact) mass is 431 g/mol. The highest BCUT2D eigenvalue weighted by molar-refractivity contribution is 7.17. The lowest BCUT2D eigenvalue weighted by molar-refractivity contribution is -0.111. The molecule has 0 bridgehead atoms. The predicted octanol–water partition coefficient (Wildman–Crippen LogP) is 5.99. The number of anilines is 1. The summed E-state index contributed by atoms with van der Waals surface area (Å²) in [5, 5.41) is 4.10. The number of halogens is 1. The third-order valence-electron chi connectivity index (χ3n) is 5.41. The predicted molar refractivity (Wildman–Crippen MR) is 120 cm³/mol. The van der Waals surface area contributed by atoms with E-state index in [9.17, 15) is 9.59 Å². The average molecular weight is 432 g/mol. The molecule has 6 heteroatoms. The Labute approximate surface area is 180 Å². The molecular weight excluding hydrogens is 406 g/mol. The SMILES string of the molecule is COC(=O)c1c(NC(=O)/C=C\c2ccc(Cl)cc2)sc2c1CC[C@H](C(C)(C)C)C2. The maximum absolute atomic E-state index is 12.5. The molecule has 3 rings (SSSR count). The minimum absolute atomic E-state index is 0.206. The molecule has 0 fully saturated rings. The fourth-order valence-electron chi connectivity index (χ4n) is 3.63. The number of amides is 1. The van der Waals surface area contributed by atoms with Crippen molar-refractivity contribution in [3.05, 3.63) is 56.9 Å². The van der Waals surface area contributed by atoms with Gasteiger partial charge in [-0.25, -0.2) is 4.79 Å². The molecule has 1 aromatic carbocycles. The van der Waals surface area contributed by atoms with Gasteiger partial charge in [0.1, 0.15) is 5.00 Å². The van der Waals surface area contributed by atoms with Crippen molar-refractivity contribution in [2.24, 2.45) is 11.3 Å². The zero-order valence-electron chi connectivity index (χ0n) is 17.2. The molecule has 1 atom stereocenters. The second-order valence-electron chi connectivity index (χ2n) is 8.38. The highest BCUT2D eigenvalue weighted by atomic mass is 35.5. The van der Waals surface area contributed by atoms with Gasteiger partial charge in [-0.15, -0.1) is 11.3 Å². The zero-order chi connectivity index (χ0) is 21.2. The summed E-state index contributed by atoms with van der Waals surface area (Å²) in [7, 11) is 1.37. The minimum Gasteiger partial charge on any atom is -0.465 e. The molecule has 0 radical (unpaired) electrons. The number of carbonyl (C=O) groups is 2. The van der Waals surface area contributed by atoms with Crippen LogP contribution in [0.1, 0.15) is 53.6 Å². The van der Waals surface area contributed by atoms with Crippen LogP contribution in [0.3, 0.4) is 0 Å². The van der Waals surface area contributed by atoms with Crippen molar-refractivity contribution in [2.45, 2.75) is 40.0 Å². The molecule has 1 amide bonds. The quantitative estimate of drug-likeness (QED) is 0.477. The number of rotatable bonds is 4. The molecule has 0 aliphatic heterocycles. The number of thiophene rings is 1. The van der Waals surface area contributed by atoms with Gasteiger partial charge in [0, 0.05) is 16.0 Å². The molecular formula is C23H26ClNO3S. The molecule has 1 heterocycles. The van der Waals surface area contributed by atoms with Crippen molar-refractivity contribution >= 4 is 45.9 Å². The van der Waals surface area contributed by atoms with Crippen LogP contribution in [0.15, 0.2) is 30.3 Å². The van der Waals surface area contributed by atoms with Gasteiger partial charge in [0.2, 0.25) is 5.91 Å². The van der Waals surface area contributed by atoms with E-state index in [1.54, 1.807) is 18.2 Å². The molecule has 0 saturated carbocycles. The molecule has 0 spiro atoms. The zero-order valence-corrected chi connectivity index (χ0v) is 18.7. The highest BCUT2D eigenvalue weighted by Gasteiger charge is 2.34. The first-order chi connectivity index (χ1) is 13.7. The summed E-state index contributed by atoms with van der Waals surface area (Å²) in [5.74, 6) is -0.128. The Morgan fingerprint density at radius 3 is 2.55 bits per heavy atom. The normalized spacial score (nSPS) is 16.5. The minimum atomic E-state index is -0.395. The molecule has 1 aliphatic rings. The summed E-state index contributed by atoms with van der Waals surface area (Å²) in [6.07, 6.45) is 5.95. The van der Waals surface area contributed by atoms with E-state index in [1.807, 2.05) is 12.1 Å². The molecule has 0 saturated heterocycles. The first-order valence-electron chi connectivity index (χ1n) is 9.66. The van der Waals surface area contributed by atoms with Crippen molar-refractivity contribution in [2.75, 3.05) is 12.4 Å². The van der Waals surface area contributed by atoms with E-state index in [1.165, 1.54) is 29.4 Å². The first-order valence-corrected chi connectivity index (χ1v) is 10.9. The van der Waals surface area contributed by atoms with Crippen molar-refractivity contribution < 1.29 is 14.3 Å². The number of esters is 1. The Morgan fingerprint density at radius 2 is 1.93 bits per heavy atom. The lowest BCUT2D eigenvalue weighted by Gasteiger charge is -2.33. The van der Waals surface area contributed by atoms with E-state index in [0.29, 0.717) is 21.5 Å². The van der Waals surface area contributed by atoms with Crippen LogP contribution in [-0.2, 0) is 22.4 Å². The number of hydrogen-bond acceptors (Lipinski definition) is 4. The van der Waals surface area contributed by atoms with E-state index in [0.717, 1.165) is 30.4 Å². The number of methoxy groups -OCH3 is 1. The molecule has 1 aromatic heterocycles. The fourth-order valence-corrected chi connectivity index (χ4v) is 5.07. The van der Waals surface area contributed by atoms with Crippen LogP contribution in [-0.4, -0.2) is 19.0 Å². The van der Waals surface area contributed by atoms with Crippen molar-refractivity contribution in [3.8, 4) is 0 Å². The van der Waals surface area contributed by atoms with Crippen LogP contribution in [0.25, 0.3) is 6.08 Å². The summed E-state index contributed by atoms with van der Waals surface area (Å²) in [4.78, 5) is 26.1. The van der Waals surface area contributed by atoms with Crippen LogP contribution in [0.4, 0.5) is 5.00 Å². The summed E-state index contributed by atoms with van der Waals surface area (Å²) in [5.41, 5.74) is 2.61. The van der Waals surface area contributed by atoms with Crippen molar-refractivity contribution in [3.63, 3.8) is 0 Å². The summed E-state index contributed by atoms with van der Waals surface area (Å²) in [6, 6.07) is 7.21. The van der Waals surface area contributed by atoms with Crippen LogP contribution < -0.4 is 5.32 Å². The third-order valence-corrected chi connectivity index (χ3v) is 6.84. The number of hydrogen-bond donors (Lipinski definition) is 1. The Kier molecular flexibility index (Phi) is 6.49. The Bertz CT molecular complexity index is 938. The Morgan fingerprint density at radius 1 is 1.24 bits per heavy atom. The van der Waals surface area contributed by atoms with E-state index < -0.39 is 5.97 Å². The second-order valence-corrected chi connectivity index (χ2v) is 9.92. The number of carbonyl (C=O) groups excluding carboxylic acids is 2. The third kappa shape index (κ3) is 5.09. The van der Waals surface area contributed by atoms with Gasteiger partial charge >= 0.3 is 5.97 Å². The van der Waals surface area contributed by atoms with Crippen molar-refractivity contribution in [1.29, 1.82) is 0 Å². The lowest BCUT2D eigenvalue weighted by Crippen LogP contribution is -2.26. The maximum atomic E-state index is 12.5. The number of benzene rings is 1. The summed E-state index contributed by atoms with van der Waals surface area (Å²) < 4.78 is 5.00. The molecule has 29 heavy (non-hydrogen) atoms. The van der Waals surface area contributed by atoms with Gasteiger partial charge in [-0.2, -0.15) is 0 Å². The van der Waals surface area contributed by atoms with E-state index in [2.05, 4.69) is 26.1 Å². The molecule has 4 nitrogen and oxygen atoms in total. The molecule has 1 N–H and O–H groups in total. The smallest absolute Gasteiger partial charge is 0.341 e. The summed E-state index contributed by atoms with van der Waals surface area (Å²) in [6.45, 7) is 6.76. The van der Waals surface area contributed by atoms with Gasteiger partial charge in [0.15, 0.2) is 0 Å². The van der Waals surface area contributed by atoms with Gasteiger partial charge in [0.25, 0.3) is 0 Å². The fraction of sp³-hybridized carbons (Fsp3) is 0.391. The molecule has 0 unspecified atom stereocenters. The molecule has 154 valence electrons. The topological polar surface area (TPSA) is 55.4 Å². The van der Waals surface area contributed by atoms with Gasteiger partial charge in [-0.3, -0.25) is 4.79 Å². The van der Waals surface area contributed by atoms with Crippen molar-refractivity contribution in [1.82, 2.24) is 0 Å². The number of nitrogens with one attached hydrogen (secondary N) is 1.